The Kier molecular flexibility index (Phi) is 8.86. The Labute approximate surface area is 112 Å². The minimum atomic E-state index is -0.523. The number of rotatable bonds is 8. The van der Waals surface area contributed by atoms with Crippen LogP contribution in [0.4, 0.5) is 4.79 Å². The Balaban J connectivity index is 3.92. The highest BCUT2D eigenvalue weighted by Gasteiger charge is 2.18. The SMILES string of the molecule is CCC(C)COC(=O)OCC(CC(C)C)C(C)C. The molecule has 0 aromatic heterocycles. The van der Waals surface area contributed by atoms with Gasteiger partial charge in [0.1, 0.15) is 0 Å². The minimum absolute atomic E-state index is 0.397. The third kappa shape index (κ3) is 8.37. The molecule has 0 bridgehead atoms. The predicted octanol–water partition coefficient (Wildman–Crippen LogP) is 4.50. The number of hydrogen-bond donors (Lipinski definition) is 0. The zero-order chi connectivity index (χ0) is 14.1. The number of ether oxygens (including phenoxy) is 2. The summed E-state index contributed by atoms with van der Waals surface area (Å²) in [6.07, 6.45) is 1.57. The first-order chi connectivity index (χ1) is 8.36. The molecule has 0 saturated heterocycles. The van der Waals surface area contributed by atoms with Crippen LogP contribution in [0.2, 0.25) is 0 Å². The number of carbonyl (C=O) groups is 1. The topological polar surface area (TPSA) is 35.5 Å². The second kappa shape index (κ2) is 9.23. The maximum absolute atomic E-state index is 11.4. The van der Waals surface area contributed by atoms with Crippen molar-refractivity contribution in [3.63, 3.8) is 0 Å². The van der Waals surface area contributed by atoms with Gasteiger partial charge in [0, 0.05) is 0 Å². The van der Waals surface area contributed by atoms with Gasteiger partial charge in [-0.15, -0.1) is 0 Å². The highest BCUT2D eigenvalue weighted by molar-refractivity contribution is 5.59. The molecule has 0 fully saturated rings. The summed E-state index contributed by atoms with van der Waals surface area (Å²) in [7, 11) is 0. The van der Waals surface area contributed by atoms with E-state index in [0.717, 1.165) is 12.8 Å². The molecule has 0 spiro atoms. The van der Waals surface area contributed by atoms with Crippen LogP contribution in [-0.4, -0.2) is 19.4 Å². The monoisotopic (exact) mass is 258 g/mol. The number of carbonyl (C=O) groups excluding carboxylic acids is 1. The Morgan fingerprint density at radius 1 is 1.00 bits per heavy atom. The fraction of sp³-hybridized carbons (Fsp3) is 0.933. The van der Waals surface area contributed by atoms with E-state index in [0.29, 0.717) is 36.9 Å². The van der Waals surface area contributed by atoms with E-state index < -0.39 is 6.16 Å². The quantitative estimate of drug-likeness (QED) is 0.601. The summed E-state index contributed by atoms with van der Waals surface area (Å²) in [6.45, 7) is 13.8. The van der Waals surface area contributed by atoms with Crippen LogP contribution in [0.1, 0.15) is 54.4 Å². The Morgan fingerprint density at radius 3 is 2.00 bits per heavy atom. The van der Waals surface area contributed by atoms with Gasteiger partial charge in [-0.25, -0.2) is 4.79 Å². The first kappa shape index (κ1) is 17.3. The van der Waals surface area contributed by atoms with Crippen LogP contribution in [0.5, 0.6) is 0 Å². The third-order valence-corrected chi connectivity index (χ3v) is 3.31. The standard InChI is InChI=1S/C15H30O3/c1-7-13(6)9-17-15(16)18-10-14(12(4)5)8-11(2)3/h11-14H,7-10H2,1-6H3. The van der Waals surface area contributed by atoms with Gasteiger partial charge in [0.05, 0.1) is 13.2 Å². The van der Waals surface area contributed by atoms with E-state index in [2.05, 4.69) is 41.5 Å². The molecular formula is C15H30O3. The van der Waals surface area contributed by atoms with Crippen molar-refractivity contribution in [1.29, 1.82) is 0 Å². The molecule has 0 aromatic carbocycles. The first-order valence-corrected chi connectivity index (χ1v) is 7.16. The smallest absolute Gasteiger partial charge is 0.434 e. The van der Waals surface area contributed by atoms with Crippen molar-refractivity contribution in [2.45, 2.75) is 54.4 Å². The lowest BCUT2D eigenvalue weighted by Crippen LogP contribution is -2.22. The van der Waals surface area contributed by atoms with Crippen molar-refractivity contribution in [3.05, 3.63) is 0 Å². The van der Waals surface area contributed by atoms with E-state index in [1.807, 2.05) is 0 Å². The summed E-state index contributed by atoms with van der Waals surface area (Å²) >= 11 is 0. The summed E-state index contributed by atoms with van der Waals surface area (Å²) in [5, 5.41) is 0. The van der Waals surface area contributed by atoms with Crippen molar-refractivity contribution in [3.8, 4) is 0 Å². The Morgan fingerprint density at radius 2 is 1.56 bits per heavy atom. The van der Waals surface area contributed by atoms with Crippen molar-refractivity contribution >= 4 is 6.16 Å². The maximum atomic E-state index is 11.4. The molecule has 3 nitrogen and oxygen atoms in total. The van der Waals surface area contributed by atoms with Gasteiger partial charge in [-0.1, -0.05) is 48.0 Å². The van der Waals surface area contributed by atoms with Crippen LogP contribution in [0.25, 0.3) is 0 Å². The molecule has 0 rings (SSSR count). The van der Waals surface area contributed by atoms with E-state index in [-0.39, 0.29) is 0 Å². The number of hydrogen-bond acceptors (Lipinski definition) is 3. The summed E-state index contributed by atoms with van der Waals surface area (Å²) in [5.41, 5.74) is 0. The van der Waals surface area contributed by atoms with Gasteiger partial charge in [-0.3, -0.25) is 0 Å². The van der Waals surface area contributed by atoms with E-state index in [1.165, 1.54) is 0 Å². The van der Waals surface area contributed by atoms with Gasteiger partial charge >= 0.3 is 6.16 Å². The average molecular weight is 258 g/mol. The third-order valence-electron chi connectivity index (χ3n) is 3.31. The molecule has 0 saturated carbocycles. The van der Waals surface area contributed by atoms with Crippen LogP contribution in [0, 0.1) is 23.7 Å². The van der Waals surface area contributed by atoms with Crippen LogP contribution in [-0.2, 0) is 9.47 Å². The average Bonchev–Trinajstić information content (AvgIpc) is 2.30. The highest BCUT2D eigenvalue weighted by atomic mass is 16.7. The molecule has 0 aliphatic rings. The first-order valence-electron chi connectivity index (χ1n) is 7.16. The second-order valence-electron chi connectivity index (χ2n) is 6.02. The molecule has 3 heteroatoms. The van der Waals surface area contributed by atoms with Crippen LogP contribution in [0.15, 0.2) is 0 Å². The van der Waals surface area contributed by atoms with E-state index in [9.17, 15) is 4.79 Å². The van der Waals surface area contributed by atoms with E-state index >= 15 is 0 Å². The van der Waals surface area contributed by atoms with Crippen molar-refractivity contribution < 1.29 is 14.3 Å². The molecule has 0 aromatic rings. The van der Waals surface area contributed by atoms with Gasteiger partial charge in [0.2, 0.25) is 0 Å². The lowest BCUT2D eigenvalue weighted by atomic mass is 9.88. The van der Waals surface area contributed by atoms with Gasteiger partial charge in [0.15, 0.2) is 0 Å². The molecule has 18 heavy (non-hydrogen) atoms. The molecule has 0 aliphatic heterocycles. The van der Waals surface area contributed by atoms with Crippen LogP contribution < -0.4 is 0 Å². The lowest BCUT2D eigenvalue weighted by Gasteiger charge is -2.22. The van der Waals surface area contributed by atoms with Gasteiger partial charge in [-0.2, -0.15) is 0 Å². The van der Waals surface area contributed by atoms with Crippen molar-refractivity contribution in [1.82, 2.24) is 0 Å². The summed E-state index contributed by atoms with van der Waals surface area (Å²) in [4.78, 5) is 11.4. The molecule has 2 atom stereocenters. The fourth-order valence-corrected chi connectivity index (χ4v) is 1.68. The zero-order valence-corrected chi connectivity index (χ0v) is 12.9. The van der Waals surface area contributed by atoms with Crippen LogP contribution >= 0.6 is 0 Å². The highest BCUT2D eigenvalue weighted by Crippen LogP contribution is 2.20. The predicted molar refractivity (Wildman–Crippen MR) is 74.5 cm³/mol. The van der Waals surface area contributed by atoms with Gasteiger partial charge < -0.3 is 9.47 Å². The van der Waals surface area contributed by atoms with Crippen molar-refractivity contribution in [2.24, 2.45) is 23.7 Å². The van der Waals surface area contributed by atoms with Gasteiger partial charge in [-0.05, 0) is 30.1 Å². The molecular weight excluding hydrogens is 228 g/mol. The Bertz CT molecular complexity index is 224. The molecule has 0 aliphatic carbocycles. The molecule has 0 amide bonds. The molecule has 0 N–H and O–H groups in total. The molecule has 108 valence electrons. The van der Waals surface area contributed by atoms with Gasteiger partial charge in [0.25, 0.3) is 0 Å². The molecule has 0 radical (unpaired) electrons. The lowest BCUT2D eigenvalue weighted by molar-refractivity contribution is 0.0280. The van der Waals surface area contributed by atoms with Crippen molar-refractivity contribution in [2.75, 3.05) is 13.2 Å². The zero-order valence-electron chi connectivity index (χ0n) is 12.9. The van der Waals surface area contributed by atoms with E-state index in [1.54, 1.807) is 0 Å². The van der Waals surface area contributed by atoms with E-state index in [4.69, 9.17) is 9.47 Å². The second-order valence-corrected chi connectivity index (χ2v) is 6.02. The normalized spacial score (nSPS) is 14.7. The largest absolute Gasteiger partial charge is 0.508 e. The summed E-state index contributed by atoms with van der Waals surface area (Å²) in [5.74, 6) is 1.96. The maximum Gasteiger partial charge on any atom is 0.508 e. The molecule has 0 heterocycles. The summed E-state index contributed by atoms with van der Waals surface area (Å²) < 4.78 is 10.3. The molecule has 2 unspecified atom stereocenters. The summed E-state index contributed by atoms with van der Waals surface area (Å²) in [6, 6.07) is 0. The Hall–Kier alpha value is -0.730. The minimum Gasteiger partial charge on any atom is -0.434 e. The fourth-order valence-electron chi connectivity index (χ4n) is 1.68. The van der Waals surface area contributed by atoms with Crippen LogP contribution in [0.3, 0.4) is 0 Å².